The molecule has 0 amide bonds. The van der Waals surface area contributed by atoms with Crippen molar-refractivity contribution < 1.29 is 19.4 Å². The summed E-state index contributed by atoms with van der Waals surface area (Å²) < 4.78 is 4.65. The standard InChI is InChI=1S/C23H38O4/c1-27-23(26)12-8-3-2-7-11-21-19(14-16-22(21)25)13-15-20(24)17-18-9-5-4-6-10-18/h13,15,18-21,24H,2-12,14,16-17H2,1H3/b15-13+/t19-,20?,21+/m0/s1. The van der Waals surface area contributed by atoms with Gasteiger partial charge in [0.1, 0.15) is 5.78 Å². The Bertz CT molecular complexity index is 479. The molecular formula is C23H38O4. The normalized spacial score (nSPS) is 25.2. The van der Waals surface area contributed by atoms with Crippen molar-refractivity contribution >= 4 is 11.8 Å². The number of hydrogen-bond acceptors (Lipinski definition) is 4. The first-order chi connectivity index (χ1) is 13.1. The van der Waals surface area contributed by atoms with Gasteiger partial charge in [-0.1, -0.05) is 63.5 Å². The minimum Gasteiger partial charge on any atom is -0.469 e. The van der Waals surface area contributed by atoms with E-state index < -0.39 is 0 Å². The molecule has 2 aliphatic rings. The topological polar surface area (TPSA) is 63.6 Å². The first kappa shape index (κ1) is 22.1. The second kappa shape index (κ2) is 12.3. The van der Waals surface area contributed by atoms with Crippen molar-refractivity contribution in [2.24, 2.45) is 17.8 Å². The minimum atomic E-state index is -0.359. The summed E-state index contributed by atoms with van der Waals surface area (Å²) in [6.45, 7) is 0. The van der Waals surface area contributed by atoms with Crippen molar-refractivity contribution in [1.29, 1.82) is 0 Å². The molecule has 0 spiro atoms. The van der Waals surface area contributed by atoms with E-state index in [-0.39, 0.29) is 18.0 Å². The number of unbranched alkanes of at least 4 members (excludes halogenated alkanes) is 3. The number of methoxy groups -OCH3 is 1. The van der Waals surface area contributed by atoms with Crippen LogP contribution in [0.2, 0.25) is 0 Å². The summed E-state index contributed by atoms with van der Waals surface area (Å²) in [5.41, 5.74) is 0. The fourth-order valence-corrected chi connectivity index (χ4v) is 4.74. The lowest BCUT2D eigenvalue weighted by molar-refractivity contribution is -0.140. The summed E-state index contributed by atoms with van der Waals surface area (Å²) in [7, 11) is 1.42. The summed E-state index contributed by atoms with van der Waals surface area (Å²) in [6, 6.07) is 0. The Morgan fingerprint density at radius 3 is 2.63 bits per heavy atom. The number of hydrogen-bond donors (Lipinski definition) is 1. The largest absolute Gasteiger partial charge is 0.469 e. The van der Waals surface area contributed by atoms with Gasteiger partial charge in [0.05, 0.1) is 13.2 Å². The van der Waals surface area contributed by atoms with Gasteiger partial charge in [0.2, 0.25) is 0 Å². The molecule has 0 aromatic heterocycles. The van der Waals surface area contributed by atoms with Gasteiger partial charge in [0.25, 0.3) is 0 Å². The number of ether oxygens (including phenoxy) is 1. The molecule has 1 unspecified atom stereocenters. The number of esters is 1. The molecule has 27 heavy (non-hydrogen) atoms. The van der Waals surface area contributed by atoms with Gasteiger partial charge < -0.3 is 9.84 Å². The van der Waals surface area contributed by atoms with E-state index in [0.717, 1.165) is 44.9 Å². The van der Waals surface area contributed by atoms with Crippen molar-refractivity contribution in [3.8, 4) is 0 Å². The Labute approximate surface area is 164 Å². The fourth-order valence-electron chi connectivity index (χ4n) is 4.74. The lowest BCUT2D eigenvalue weighted by Crippen LogP contribution is -2.16. The van der Waals surface area contributed by atoms with Crippen molar-refractivity contribution in [3.63, 3.8) is 0 Å². The van der Waals surface area contributed by atoms with Crippen LogP contribution in [0.15, 0.2) is 12.2 Å². The number of Topliss-reactive ketones (excluding diaryl/α,β-unsaturated/α-hetero) is 1. The van der Waals surface area contributed by atoms with E-state index in [1.54, 1.807) is 0 Å². The second-order valence-electron chi connectivity index (χ2n) is 8.50. The Morgan fingerprint density at radius 1 is 1.15 bits per heavy atom. The second-order valence-corrected chi connectivity index (χ2v) is 8.50. The Kier molecular flexibility index (Phi) is 10.1. The number of aliphatic hydroxyl groups is 1. The van der Waals surface area contributed by atoms with E-state index in [0.29, 0.717) is 30.5 Å². The molecule has 0 saturated heterocycles. The molecule has 2 aliphatic carbocycles. The molecule has 2 rings (SSSR count). The fraction of sp³-hybridized carbons (Fsp3) is 0.826. The quantitative estimate of drug-likeness (QED) is 0.313. The number of aliphatic hydroxyl groups excluding tert-OH is 1. The number of carbonyl (C=O) groups is 2. The third-order valence-corrected chi connectivity index (χ3v) is 6.41. The van der Waals surface area contributed by atoms with Crippen molar-refractivity contribution in [2.45, 2.75) is 96.0 Å². The summed E-state index contributed by atoms with van der Waals surface area (Å²) in [5.74, 6) is 1.35. The summed E-state index contributed by atoms with van der Waals surface area (Å²) in [5, 5.41) is 10.3. The zero-order chi connectivity index (χ0) is 19.5. The number of allylic oxidation sites excluding steroid dienone is 1. The molecule has 4 nitrogen and oxygen atoms in total. The van der Waals surface area contributed by atoms with Gasteiger partial charge in [-0.3, -0.25) is 9.59 Å². The highest BCUT2D eigenvalue weighted by Crippen LogP contribution is 2.34. The molecule has 154 valence electrons. The first-order valence-corrected chi connectivity index (χ1v) is 11.1. The molecular weight excluding hydrogens is 340 g/mol. The zero-order valence-corrected chi connectivity index (χ0v) is 17.0. The van der Waals surface area contributed by atoms with Gasteiger partial charge in [0.15, 0.2) is 0 Å². The van der Waals surface area contributed by atoms with Crippen LogP contribution in [0.25, 0.3) is 0 Å². The molecule has 0 radical (unpaired) electrons. The molecule has 2 saturated carbocycles. The van der Waals surface area contributed by atoms with Gasteiger partial charge in [-0.2, -0.15) is 0 Å². The van der Waals surface area contributed by atoms with Crippen LogP contribution in [0.1, 0.15) is 89.9 Å². The lowest BCUT2D eigenvalue weighted by Gasteiger charge is -2.23. The van der Waals surface area contributed by atoms with E-state index in [9.17, 15) is 14.7 Å². The van der Waals surface area contributed by atoms with E-state index in [1.807, 2.05) is 6.08 Å². The number of carbonyl (C=O) groups excluding carboxylic acids is 2. The molecule has 2 fully saturated rings. The molecule has 1 N–H and O–H groups in total. The summed E-state index contributed by atoms with van der Waals surface area (Å²) >= 11 is 0. The lowest BCUT2D eigenvalue weighted by atomic mass is 9.85. The van der Waals surface area contributed by atoms with Crippen molar-refractivity contribution in [3.05, 3.63) is 12.2 Å². The summed E-state index contributed by atoms with van der Waals surface area (Å²) in [6.07, 6.45) is 18.1. The van der Waals surface area contributed by atoms with Gasteiger partial charge in [-0.25, -0.2) is 0 Å². The van der Waals surface area contributed by atoms with Crippen LogP contribution in [0.5, 0.6) is 0 Å². The monoisotopic (exact) mass is 378 g/mol. The van der Waals surface area contributed by atoms with Crippen molar-refractivity contribution in [1.82, 2.24) is 0 Å². The zero-order valence-electron chi connectivity index (χ0n) is 17.0. The van der Waals surface area contributed by atoms with Crippen LogP contribution < -0.4 is 0 Å². The molecule has 0 bridgehead atoms. The highest BCUT2D eigenvalue weighted by molar-refractivity contribution is 5.83. The Morgan fingerprint density at radius 2 is 1.89 bits per heavy atom. The van der Waals surface area contributed by atoms with Crippen LogP contribution in [-0.2, 0) is 14.3 Å². The molecule has 0 heterocycles. The number of rotatable bonds is 11. The smallest absolute Gasteiger partial charge is 0.305 e. The molecule has 4 heteroatoms. The first-order valence-electron chi connectivity index (χ1n) is 11.1. The average Bonchev–Trinajstić information content (AvgIpc) is 3.03. The maximum atomic E-state index is 12.2. The third kappa shape index (κ3) is 8.16. The maximum Gasteiger partial charge on any atom is 0.305 e. The molecule has 0 aromatic carbocycles. The Balaban J connectivity index is 1.67. The SMILES string of the molecule is COC(=O)CCCCCC[C@H]1C(=O)CC[C@@H]1/C=C/C(O)CC1CCCCC1. The molecule has 3 atom stereocenters. The van der Waals surface area contributed by atoms with Gasteiger partial charge in [-0.15, -0.1) is 0 Å². The molecule has 0 aliphatic heterocycles. The van der Waals surface area contributed by atoms with Gasteiger partial charge in [-0.05, 0) is 37.5 Å². The van der Waals surface area contributed by atoms with Crippen LogP contribution in [0, 0.1) is 17.8 Å². The predicted molar refractivity (Wildman–Crippen MR) is 107 cm³/mol. The third-order valence-electron chi connectivity index (χ3n) is 6.41. The van der Waals surface area contributed by atoms with Crippen LogP contribution in [-0.4, -0.2) is 30.1 Å². The van der Waals surface area contributed by atoms with Gasteiger partial charge >= 0.3 is 5.97 Å². The average molecular weight is 379 g/mol. The minimum absolute atomic E-state index is 0.128. The van der Waals surface area contributed by atoms with E-state index in [4.69, 9.17) is 0 Å². The molecule has 0 aromatic rings. The van der Waals surface area contributed by atoms with Crippen LogP contribution in [0.4, 0.5) is 0 Å². The van der Waals surface area contributed by atoms with Crippen LogP contribution >= 0.6 is 0 Å². The highest BCUT2D eigenvalue weighted by Gasteiger charge is 2.32. The van der Waals surface area contributed by atoms with Crippen LogP contribution in [0.3, 0.4) is 0 Å². The highest BCUT2D eigenvalue weighted by atomic mass is 16.5. The van der Waals surface area contributed by atoms with E-state index in [2.05, 4.69) is 10.8 Å². The summed E-state index contributed by atoms with van der Waals surface area (Å²) in [4.78, 5) is 23.3. The van der Waals surface area contributed by atoms with Gasteiger partial charge in [0, 0.05) is 18.8 Å². The van der Waals surface area contributed by atoms with Crippen molar-refractivity contribution in [2.75, 3.05) is 7.11 Å². The van der Waals surface area contributed by atoms with E-state index >= 15 is 0 Å². The Hall–Kier alpha value is -1.16. The van der Waals surface area contributed by atoms with E-state index in [1.165, 1.54) is 39.2 Å². The maximum absolute atomic E-state index is 12.2. The number of ketones is 1. The predicted octanol–water partition coefficient (Wildman–Crippen LogP) is 4.98.